The summed E-state index contributed by atoms with van der Waals surface area (Å²) < 4.78 is 29.9. The molecule has 0 radical (unpaired) electrons. The van der Waals surface area contributed by atoms with Crippen LogP contribution in [0.2, 0.25) is 0 Å². The van der Waals surface area contributed by atoms with Crippen LogP contribution in [-0.4, -0.2) is 24.5 Å². The van der Waals surface area contributed by atoms with Crippen LogP contribution in [0.15, 0.2) is 48.9 Å². The number of rotatable bonds is 3. The SMILES string of the molecule is CC(C)(O)c1ccn2c(-c3ccnc(-c4ccc(F)c(C#N)c4)n3)cnc2c1F. The van der Waals surface area contributed by atoms with Crippen molar-refractivity contribution >= 4 is 5.65 Å². The van der Waals surface area contributed by atoms with Crippen LogP contribution in [-0.2, 0) is 5.60 Å². The molecular weight excluding hydrogens is 376 g/mol. The van der Waals surface area contributed by atoms with E-state index < -0.39 is 17.2 Å². The molecule has 0 unspecified atom stereocenters. The van der Waals surface area contributed by atoms with Gasteiger partial charge in [-0.05, 0) is 44.2 Å². The van der Waals surface area contributed by atoms with Crippen molar-refractivity contribution in [3.63, 3.8) is 0 Å². The zero-order chi connectivity index (χ0) is 20.8. The van der Waals surface area contributed by atoms with Crippen molar-refractivity contribution in [2.24, 2.45) is 0 Å². The first-order valence-corrected chi connectivity index (χ1v) is 8.71. The minimum atomic E-state index is -1.35. The van der Waals surface area contributed by atoms with Gasteiger partial charge < -0.3 is 5.11 Å². The molecule has 1 N–H and O–H groups in total. The summed E-state index contributed by atoms with van der Waals surface area (Å²) in [6.45, 7) is 3.00. The summed E-state index contributed by atoms with van der Waals surface area (Å²) >= 11 is 0. The molecule has 0 bridgehead atoms. The molecule has 0 amide bonds. The van der Waals surface area contributed by atoms with E-state index in [4.69, 9.17) is 5.26 Å². The molecule has 0 aliphatic heterocycles. The summed E-state index contributed by atoms with van der Waals surface area (Å²) in [5.41, 5.74) is 0.227. The number of aromatic nitrogens is 4. The Bertz CT molecular complexity index is 1280. The van der Waals surface area contributed by atoms with Crippen molar-refractivity contribution in [3.05, 3.63) is 71.7 Å². The third kappa shape index (κ3) is 3.22. The van der Waals surface area contributed by atoms with Crippen LogP contribution in [0.1, 0.15) is 25.0 Å². The second-order valence-electron chi connectivity index (χ2n) is 7.01. The Morgan fingerprint density at radius 2 is 1.93 bits per heavy atom. The van der Waals surface area contributed by atoms with E-state index >= 15 is 0 Å². The summed E-state index contributed by atoms with van der Waals surface area (Å²) in [4.78, 5) is 12.8. The quantitative estimate of drug-likeness (QED) is 0.573. The van der Waals surface area contributed by atoms with Crippen LogP contribution in [0.5, 0.6) is 0 Å². The fraction of sp³-hybridized carbons (Fsp3) is 0.143. The average Bonchev–Trinajstić information content (AvgIpc) is 3.13. The molecule has 8 heteroatoms. The molecule has 0 saturated heterocycles. The van der Waals surface area contributed by atoms with Gasteiger partial charge in [-0.3, -0.25) is 4.40 Å². The lowest BCUT2D eigenvalue weighted by Gasteiger charge is -2.18. The Morgan fingerprint density at radius 3 is 2.66 bits per heavy atom. The smallest absolute Gasteiger partial charge is 0.174 e. The van der Waals surface area contributed by atoms with Crippen molar-refractivity contribution < 1.29 is 13.9 Å². The Morgan fingerprint density at radius 1 is 1.14 bits per heavy atom. The van der Waals surface area contributed by atoms with Gasteiger partial charge in [0.2, 0.25) is 0 Å². The van der Waals surface area contributed by atoms with E-state index in [9.17, 15) is 13.9 Å². The van der Waals surface area contributed by atoms with Crippen LogP contribution < -0.4 is 0 Å². The lowest BCUT2D eigenvalue weighted by molar-refractivity contribution is 0.0746. The zero-order valence-electron chi connectivity index (χ0n) is 15.6. The minimum absolute atomic E-state index is 0.0633. The van der Waals surface area contributed by atoms with Crippen molar-refractivity contribution in [2.45, 2.75) is 19.4 Å². The molecule has 4 aromatic rings. The van der Waals surface area contributed by atoms with E-state index in [1.807, 2.05) is 0 Å². The number of aliphatic hydroxyl groups is 1. The Hall–Kier alpha value is -3.70. The summed E-state index contributed by atoms with van der Waals surface area (Å²) in [6.07, 6.45) is 4.61. The van der Waals surface area contributed by atoms with Gasteiger partial charge in [-0.1, -0.05) is 0 Å². The monoisotopic (exact) mass is 391 g/mol. The third-order valence-electron chi connectivity index (χ3n) is 4.54. The molecule has 0 atom stereocenters. The van der Waals surface area contributed by atoms with Gasteiger partial charge in [-0.2, -0.15) is 5.26 Å². The summed E-state index contributed by atoms with van der Waals surface area (Å²) in [7, 11) is 0. The van der Waals surface area contributed by atoms with Crippen LogP contribution in [0, 0.1) is 23.0 Å². The first-order valence-electron chi connectivity index (χ1n) is 8.71. The lowest BCUT2D eigenvalue weighted by Crippen LogP contribution is -2.18. The van der Waals surface area contributed by atoms with E-state index in [1.54, 1.807) is 18.3 Å². The van der Waals surface area contributed by atoms with Gasteiger partial charge in [0.15, 0.2) is 17.3 Å². The van der Waals surface area contributed by atoms with E-state index in [-0.39, 0.29) is 16.8 Å². The van der Waals surface area contributed by atoms with Crippen LogP contribution in [0.3, 0.4) is 0 Å². The topological polar surface area (TPSA) is 87.1 Å². The molecule has 144 valence electrons. The molecule has 1 aromatic carbocycles. The van der Waals surface area contributed by atoms with Crippen LogP contribution >= 0.6 is 0 Å². The van der Waals surface area contributed by atoms with Crippen molar-refractivity contribution in [2.75, 3.05) is 0 Å². The van der Waals surface area contributed by atoms with E-state index in [0.717, 1.165) is 0 Å². The highest BCUT2D eigenvalue weighted by molar-refractivity contribution is 5.65. The number of nitriles is 1. The Kier molecular flexibility index (Phi) is 4.32. The third-order valence-corrected chi connectivity index (χ3v) is 4.54. The second-order valence-corrected chi connectivity index (χ2v) is 7.01. The average molecular weight is 391 g/mol. The highest BCUT2D eigenvalue weighted by atomic mass is 19.1. The predicted molar refractivity (Wildman–Crippen MR) is 102 cm³/mol. The van der Waals surface area contributed by atoms with E-state index in [2.05, 4.69) is 15.0 Å². The first kappa shape index (κ1) is 18.7. The maximum Gasteiger partial charge on any atom is 0.174 e. The number of halogens is 2. The fourth-order valence-electron chi connectivity index (χ4n) is 3.07. The van der Waals surface area contributed by atoms with Gasteiger partial charge >= 0.3 is 0 Å². The highest BCUT2D eigenvalue weighted by Gasteiger charge is 2.24. The van der Waals surface area contributed by atoms with Gasteiger partial charge in [0.05, 0.1) is 28.7 Å². The molecule has 0 saturated carbocycles. The number of pyridine rings is 1. The normalized spacial score (nSPS) is 11.6. The number of fused-ring (bicyclic) bond motifs is 1. The number of hydrogen-bond donors (Lipinski definition) is 1. The molecule has 3 heterocycles. The second kappa shape index (κ2) is 6.72. The summed E-state index contributed by atoms with van der Waals surface area (Å²) in [6, 6.07) is 8.97. The molecule has 0 spiro atoms. The van der Waals surface area contributed by atoms with Crippen molar-refractivity contribution in [3.8, 4) is 28.8 Å². The maximum atomic E-state index is 14.8. The number of nitrogens with zero attached hydrogens (tertiary/aromatic N) is 5. The number of imidazole rings is 1. The number of hydrogen-bond acceptors (Lipinski definition) is 5. The highest BCUT2D eigenvalue weighted by Crippen LogP contribution is 2.28. The molecule has 0 fully saturated rings. The van der Waals surface area contributed by atoms with Gasteiger partial charge in [0, 0.05) is 23.5 Å². The van der Waals surface area contributed by atoms with E-state index in [0.29, 0.717) is 22.8 Å². The van der Waals surface area contributed by atoms with Crippen LogP contribution in [0.25, 0.3) is 28.4 Å². The molecule has 0 aliphatic rings. The molecule has 6 nitrogen and oxygen atoms in total. The maximum absolute atomic E-state index is 14.8. The largest absolute Gasteiger partial charge is 0.386 e. The van der Waals surface area contributed by atoms with Crippen LogP contribution in [0.4, 0.5) is 8.78 Å². The van der Waals surface area contributed by atoms with Gasteiger partial charge in [0.1, 0.15) is 11.9 Å². The van der Waals surface area contributed by atoms with E-state index in [1.165, 1.54) is 54.9 Å². The molecular formula is C21H15F2N5O. The lowest BCUT2D eigenvalue weighted by atomic mass is 9.99. The standard InChI is InChI=1S/C21H15F2N5O/c1-21(2,29)14-6-8-28-17(11-26-20(28)18(14)23)16-5-7-25-19(27-16)12-3-4-15(22)13(9-12)10-24/h3-9,11,29H,1-2H3. The molecule has 3 aromatic heterocycles. The molecule has 29 heavy (non-hydrogen) atoms. The summed E-state index contributed by atoms with van der Waals surface area (Å²) in [5.74, 6) is -0.937. The van der Waals surface area contributed by atoms with Crippen molar-refractivity contribution in [1.82, 2.24) is 19.4 Å². The summed E-state index contributed by atoms with van der Waals surface area (Å²) in [5, 5.41) is 19.2. The zero-order valence-corrected chi connectivity index (χ0v) is 15.6. The Balaban J connectivity index is 1.83. The first-order chi connectivity index (χ1) is 13.8. The molecule has 0 aliphatic carbocycles. The van der Waals surface area contributed by atoms with Crippen molar-refractivity contribution in [1.29, 1.82) is 5.26 Å². The Labute approximate surface area is 164 Å². The van der Waals surface area contributed by atoms with Gasteiger partial charge in [-0.25, -0.2) is 23.7 Å². The van der Waals surface area contributed by atoms with Gasteiger partial charge in [-0.15, -0.1) is 0 Å². The number of benzene rings is 1. The van der Waals surface area contributed by atoms with Gasteiger partial charge in [0.25, 0.3) is 0 Å². The molecule has 4 rings (SSSR count). The minimum Gasteiger partial charge on any atom is -0.386 e. The fourth-order valence-corrected chi connectivity index (χ4v) is 3.07. The predicted octanol–water partition coefficient (Wildman–Crippen LogP) is 3.84.